The van der Waals surface area contributed by atoms with Crippen LogP contribution in [-0.4, -0.2) is 44.1 Å². The topological polar surface area (TPSA) is 118 Å². The average Bonchev–Trinajstić information content (AvgIpc) is 2.73. The van der Waals surface area contributed by atoms with Crippen LogP contribution in [0.1, 0.15) is 62.6 Å². The summed E-state index contributed by atoms with van der Waals surface area (Å²) in [6.07, 6.45) is 2.65. The number of amides is 1. The summed E-state index contributed by atoms with van der Waals surface area (Å²) in [5.74, 6) is -0.872. The molecule has 7 nitrogen and oxygen atoms in total. The van der Waals surface area contributed by atoms with E-state index in [2.05, 4.69) is 15.6 Å². The number of carbonyl (C=O) groups is 1. The molecule has 0 atom stereocenters. The van der Waals surface area contributed by atoms with Crippen LogP contribution in [0.3, 0.4) is 0 Å². The smallest absolute Gasteiger partial charge is 0.390 e. The van der Waals surface area contributed by atoms with Gasteiger partial charge in [-0.1, -0.05) is 6.07 Å². The predicted octanol–water partition coefficient (Wildman–Crippen LogP) is 3.61. The maximum atomic E-state index is 13.0. The Morgan fingerprint density at radius 1 is 1.24 bits per heavy atom. The first-order chi connectivity index (χ1) is 15.7. The third kappa shape index (κ3) is 6.32. The molecule has 1 aromatic heterocycles. The number of hydrogen-bond donors (Lipinski definition) is 5. The van der Waals surface area contributed by atoms with Gasteiger partial charge in [0.25, 0.3) is 5.91 Å². The van der Waals surface area contributed by atoms with E-state index in [1.807, 2.05) is 0 Å². The molecule has 2 aliphatic rings. The number of hydrogen-bond acceptors (Lipinski definition) is 6. The van der Waals surface area contributed by atoms with Crippen molar-refractivity contribution in [1.82, 2.24) is 15.6 Å². The van der Waals surface area contributed by atoms with Gasteiger partial charge in [0.2, 0.25) is 0 Å². The zero-order valence-electron chi connectivity index (χ0n) is 19.3. The summed E-state index contributed by atoms with van der Waals surface area (Å²) >= 11 is 0. The standard InChI is InChI=1S/C24H29F3N4O3/c1-22(2,33)16-12-17(28)14(13-29-15-7-9-23(3,34)10-8-15)11-19(16)31-21(32)18-5-4-6-20(30-18)24(25,26)27/h4-6,11-13,15,28-29,33-34H,7-10H2,1-3H3,(H,31,32)/b14-13-,28-17?. The molecule has 0 bridgehead atoms. The Kier molecular flexibility index (Phi) is 7.05. The largest absolute Gasteiger partial charge is 0.433 e. The van der Waals surface area contributed by atoms with Gasteiger partial charge in [0, 0.05) is 29.1 Å². The third-order valence-electron chi connectivity index (χ3n) is 5.91. The van der Waals surface area contributed by atoms with E-state index in [4.69, 9.17) is 5.41 Å². The number of aromatic nitrogens is 1. The molecule has 5 N–H and O–H groups in total. The maximum absolute atomic E-state index is 13.0. The molecule has 0 radical (unpaired) electrons. The van der Waals surface area contributed by atoms with Crippen LogP contribution >= 0.6 is 0 Å². The number of carbonyl (C=O) groups excluding carboxylic acids is 1. The summed E-state index contributed by atoms with van der Waals surface area (Å²) in [6, 6.07) is 3.15. The molecule has 0 saturated heterocycles. The van der Waals surface area contributed by atoms with Gasteiger partial charge in [0.1, 0.15) is 11.4 Å². The van der Waals surface area contributed by atoms with Crippen molar-refractivity contribution in [2.45, 2.75) is 69.9 Å². The fraction of sp³-hybridized carbons (Fsp3) is 0.458. The molecule has 1 fully saturated rings. The zero-order chi connectivity index (χ0) is 25.3. The van der Waals surface area contributed by atoms with Crippen molar-refractivity contribution in [3.05, 3.63) is 64.8 Å². The van der Waals surface area contributed by atoms with Crippen LogP contribution in [-0.2, 0) is 6.18 Å². The van der Waals surface area contributed by atoms with E-state index in [-0.39, 0.29) is 23.0 Å². The molecule has 0 aliphatic heterocycles. The van der Waals surface area contributed by atoms with Crippen LogP contribution in [0.15, 0.2) is 53.4 Å². The lowest BCUT2D eigenvalue weighted by molar-refractivity contribution is -0.141. The van der Waals surface area contributed by atoms with E-state index < -0.39 is 34.7 Å². The van der Waals surface area contributed by atoms with Crippen molar-refractivity contribution < 1.29 is 28.2 Å². The minimum Gasteiger partial charge on any atom is -0.390 e. The molecular weight excluding hydrogens is 449 g/mol. The van der Waals surface area contributed by atoms with E-state index in [1.165, 1.54) is 32.1 Å². The highest BCUT2D eigenvalue weighted by Gasteiger charge is 2.34. The van der Waals surface area contributed by atoms with Gasteiger partial charge in [-0.15, -0.1) is 0 Å². The summed E-state index contributed by atoms with van der Waals surface area (Å²) < 4.78 is 39.0. The van der Waals surface area contributed by atoms with Crippen LogP contribution in [0.25, 0.3) is 0 Å². The Balaban J connectivity index is 1.84. The van der Waals surface area contributed by atoms with E-state index in [0.717, 1.165) is 25.0 Å². The fourth-order valence-electron chi connectivity index (χ4n) is 3.86. The molecule has 1 aromatic rings. The van der Waals surface area contributed by atoms with E-state index in [9.17, 15) is 28.2 Å². The molecule has 0 spiro atoms. The Hall–Kier alpha value is -2.98. The number of nitrogens with zero attached hydrogens (tertiary/aromatic N) is 1. The normalized spacial score (nSPS) is 25.0. The molecule has 2 aliphatic carbocycles. The van der Waals surface area contributed by atoms with Crippen LogP contribution < -0.4 is 10.6 Å². The molecule has 1 heterocycles. The molecule has 0 unspecified atom stereocenters. The van der Waals surface area contributed by atoms with E-state index >= 15 is 0 Å². The van der Waals surface area contributed by atoms with E-state index in [0.29, 0.717) is 18.4 Å². The van der Waals surface area contributed by atoms with Crippen LogP contribution in [0, 0.1) is 5.41 Å². The van der Waals surface area contributed by atoms with Crippen LogP contribution in [0.2, 0.25) is 0 Å². The number of halogens is 3. The Bertz CT molecular complexity index is 1060. The SMILES string of the molecule is CC1(O)CCC(N/C=C2/C=C(NC(=O)c3cccc(C(F)(F)F)n3)C(C(C)(C)O)=CC2=N)CC1. The molecular formula is C24H29F3N4O3. The van der Waals surface area contributed by atoms with Crippen LogP contribution in [0.5, 0.6) is 0 Å². The average molecular weight is 479 g/mol. The lowest BCUT2D eigenvalue weighted by Gasteiger charge is -2.33. The molecule has 10 heteroatoms. The minimum absolute atomic E-state index is 0.0997. The highest BCUT2D eigenvalue weighted by atomic mass is 19.4. The second-order valence-electron chi connectivity index (χ2n) is 9.49. The van der Waals surface area contributed by atoms with Crippen molar-refractivity contribution in [3.8, 4) is 0 Å². The Morgan fingerprint density at radius 2 is 1.88 bits per heavy atom. The van der Waals surface area contributed by atoms with Gasteiger partial charge in [-0.2, -0.15) is 13.2 Å². The van der Waals surface area contributed by atoms with Gasteiger partial charge in [-0.05, 0) is 70.7 Å². The maximum Gasteiger partial charge on any atom is 0.433 e. The van der Waals surface area contributed by atoms with Gasteiger partial charge in [-0.3, -0.25) is 4.79 Å². The van der Waals surface area contributed by atoms with Crippen molar-refractivity contribution in [1.29, 1.82) is 5.41 Å². The minimum atomic E-state index is -4.69. The second kappa shape index (κ2) is 9.34. The van der Waals surface area contributed by atoms with Crippen molar-refractivity contribution in [2.75, 3.05) is 0 Å². The first-order valence-corrected chi connectivity index (χ1v) is 11.0. The molecule has 1 amide bonds. The Labute approximate surface area is 196 Å². The number of rotatable bonds is 5. The molecule has 3 rings (SSSR count). The molecule has 34 heavy (non-hydrogen) atoms. The third-order valence-corrected chi connectivity index (χ3v) is 5.91. The quantitative estimate of drug-likeness (QED) is 0.443. The van der Waals surface area contributed by atoms with Crippen molar-refractivity contribution in [3.63, 3.8) is 0 Å². The second-order valence-corrected chi connectivity index (χ2v) is 9.49. The predicted molar refractivity (Wildman–Crippen MR) is 121 cm³/mol. The molecule has 1 saturated carbocycles. The van der Waals surface area contributed by atoms with Gasteiger partial charge in [-0.25, -0.2) is 4.98 Å². The van der Waals surface area contributed by atoms with Crippen molar-refractivity contribution >= 4 is 11.6 Å². The highest BCUT2D eigenvalue weighted by molar-refractivity contribution is 6.11. The number of aliphatic hydroxyl groups is 2. The van der Waals surface area contributed by atoms with Crippen molar-refractivity contribution in [2.24, 2.45) is 0 Å². The van der Waals surface area contributed by atoms with Gasteiger partial charge >= 0.3 is 6.18 Å². The molecule has 0 aromatic carbocycles. The van der Waals surface area contributed by atoms with Gasteiger partial charge in [0.05, 0.1) is 16.9 Å². The summed E-state index contributed by atoms with van der Waals surface area (Å²) in [5, 5.41) is 34.8. The number of pyridine rings is 1. The summed E-state index contributed by atoms with van der Waals surface area (Å²) in [7, 11) is 0. The zero-order valence-corrected chi connectivity index (χ0v) is 19.3. The summed E-state index contributed by atoms with van der Waals surface area (Å²) in [6.45, 7) is 4.77. The first kappa shape index (κ1) is 25.6. The van der Waals surface area contributed by atoms with E-state index in [1.54, 1.807) is 13.1 Å². The summed E-state index contributed by atoms with van der Waals surface area (Å²) in [5.41, 5.74) is -2.79. The fourth-order valence-corrected chi connectivity index (χ4v) is 3.86. The van der Waals surface area contributed by atoms with Gasteiger partial charge in [0.15, 0.2) is 0 Å². The van der Waals surface area contributed by atoms with Crippen LogP contribution in [0.4, 0.5) is 13.2 Å². The Morgan fingerprint density at radius 3 is 2.47 bits per heavy atom. The monoisotopic (exact) mass is 478 g/mol. The number of alkyl halides is 3. The first-order valence-electron chi connectivity index (χ1n) is 11.0. The number of nitrogens with one attached hydrogen (secondary N) is 3. The lowest BCUT2D eigenvalue weighted by Crippen LogP contribution is -2.38. The molecule has 184 valence electrons. The van der Waals surface area contributed by atoms with Gasteiger partial charge < -0.3 is 26.3 Å². The lowest BCUT2D eigenvalue weighted by atomic mass is 9.83. The number of allylic oxidation sites excluding steroid dienone is 3. The highest BCUT2D eigenvalue weighted by Crippen LogP contribution is 2.30. The summed E-state index contributed by atoms with van der Waals surface area (Å²) in [4.78, 5) is 16.1.